The van der Waals surface area contributed by atoms with E-state index >= 15 is 0 Å². The Labute approximate surface area is 51.2 Å². The molecule has 0 heterocycles. The highest BCUT2D eigenvalue weighted by molar-refractivity contribution is 7.63. The highest BCUT2D eigenvalue weighted by atomic mass is 31.2. The smallest absolute Gasteiger partial charge is 0.0881 e. The molecule has 0 radical (unpaired) electrons. The Bertz CT molecular complexity index is 118. The van der Waals surface area contributed by atoms with Crippen LogP contribution in [-0.4, -0.2) is 19.0 Å². The van der Waals surface area contributed by atoms with Crippen molar-refractivity contribution >= 4 is 7.14 Å². The lowest BCUT2D eigenvalue weighted by molar-refractivity contribution is 0.581. The molecule has 1 nitrogen and oxygen atoms in total. The van der Waals surface area contributed by atoms with Gasteiger partial charge in [-0.25, -0.2) is 0 Å². The van der Waals surface area contributed by atoms with Gasteiger partial charge in [-0.15, -0.1) is 6.58 Å². The van der Waals surface area contributed by atoms with Gasteiger partial charge >= 0.3 is 0 Å². The predicted octanol–water partition coefficient (Wildman–Crippen LogP) is 2.19. The van der Waals surface area contributed by atoms with E-state index in [0.29, 0.717) is 6.16 Å². The number of hydrogen-bond acceptors (Lipinski definition) is 1. The maximum atomic E-state index is 11.1. The van der Waals surface area contributed by atoms with Crippen molar-refractivity contribution in [3.8, 4) is 0 Å². The summed E-state index contributed by atoms with van der Waals surface area (Å²) in [6.45, 7) is 7.28. The van der Waals surface area contributed by atoms with Crippen LogP contribution >= 0.6 is 7.14 Å². The Morgan fingerprint density at radius 3 is 2.38 bits per heavy atom. The molecule has 0 aliphatic heterocycles. The molecule has 1 atom stereocenters. The average Bonchev–Trinajstić information content (AvgIpc) is 1.67. The molecule has 0 amide bonds. The molecule has 0 rings (SSSR count). The van der Waals surface area contributed by atoms with Crippen molar-refractivity contribution in [2.45, 2.75) is 6.92 Å². The lowest BCUT2D eigenvalue weighted by atomic mass is 10.8. The Balaban J connectivity index is 3.72. The van der Waals surface area contributed by atoms with Crippen LogP contribution in [0.25, 0.3) is 0 Å². The van der Waals surface area contributed by atoms with Gasteiger partial charge < -0.3 is 4.57 Å². The molecule has 2 heteroatoms. The lowest BCUT2D eigenvalue weighted by Gasteiger charge is -2.03. The first kappa shape index (κ1) is 7.97. The number of hydrogen-bond donors (Lipinski definition) is 0. The van der Waals surface area contributed by atoms with Crippen LogP contribution in [-0.2, 0) is 4.57 Å². The molecule has 0 aromatic heterocycles. The van der Waals surface area contributed by atoms with Crippen molar-refractivity contribution in [3.05, 3.63) is 12.7 Å². The molecule has 8 heavy (non-hydrogen) atoms. The van der Waals surface area contributed by atoms with Crippen molar-refractivity contribution < 1.29 is 4.57 Å². The van der Waals surface area contributed by atoms with Crippen LogP contribution in [0.4, 0.5) is 0 Å². The van der Waals surface area contributed by atoms with Crippen molar-refractivity contribution in [1.29, 1.82) is 0 Å². The van der Waals surface area contributed by atoms with Crippen LogP contribution in [0.15, 0.2) is 12.7 Å². The second-order valence-corrected chi connectivity index (χ2v) is 5.68. The minimum absolute atomic E-state index is 0.684. The summed E-state index contributed by atoms with van der Waals surface area (Å²) >= 11 is 0. The fourth-order valence-corrected chi connectivity index (χ4v) is 1.21. The van der Waals surface area contributed by atoms with Gasteiger partial charge in [-0.05, 0) is 12.8 Å². The molecule has 0 fully saturated rings. The molecule has 0 saturated heterocycles. The largest absolute Gasteiger partial charge is 0.324 e. The normalized spacial score (nSPS) is 17.2. The summed E-state index contributed by atoms with van der Waals surface area (Å²) in [5.41, 5.74) is 0. The first-order valence-corrected chi connectivity index (χ1v) is 5.31. The topological polar surface area (TPSA) is 17.1 Å². The molecule has 0 aliphatic carbocycles. The summed E-state index contributed by atoms with van der Waals surface area (Å²) in [6.07, 6.45) is 3.20. The zero-order valence-corrected chi connectivity index (χ0v) is 6.45. The van der Waals surface area contributed by atoms with E-state index in [1.54, 1.807) is 6.08 Å². The van der Waals surface area contributed by atoms with E-state index in [2.05, 4.69) is 6.58 Å². The van der Waals surface area contributed by atoms with Gasteiger partial charge in [-0.1, -0.05) is 13.0 Å². The lowest BCUT2D eigenvalue weighted by Crippen LogP contribution is -1.85. The quantitative estimate of drug-likeness (QED) is 0.425. The van der Waals surface area contributed by atoms with Crippen LogP contribution in [0.2, 0.25) is 0 Å². The van der Waals surface area contributed by atoms with Gasteiger partial charge in [0.15, 0.2) is 0 Å². The number of rotatable bonds is 3. The van der Waals surface area contributed by atoms with Crippen molar-refractivity contribution in [1.82, 2.24) is 0 Å². The summed E-state index contributed by atoms with van der Waals surface area (Å²) in [7, 11) is -1.79. The first-order chi connectivity index (χ1) is 3.62. The molecular weight excluding hydrogens is 119 g/mol. The molecule has 0 aromatic rings. The van der Waals surface area contributed by atoms with Gasteiger partial charge in [-0.2, -0.15) is 0 Å². The van der Waals surface area contributed by atoms with Crippen molar-refractivity contribution in [2.24, 2.45) is 0 Å². The molecule has 0 saturated carbocycles. The summed E-state index contributed by atoms with van der Waals surface area (Å²) in [5.74, 6) is 0. The van der Waals surface area contributed by atoms with Crippen LogP contribution in [0.1, 0.15) is 6.92 Å². The third kappa shape index (κ3) is 3.04. The third-order valence-electron chi connectivity index (χ3n) is 1.18. The minimum Gasteiger partial charge on any atom is -0.324 e. The molecule has 0 N–H and O–H groups in total. The molecule has 0 spiro atoms. The van der Waals surface area contributed by atoms with E-state index in [-0.39, 0.29) is 0 Å². The van der Waals surface area contributed by atoms with Crippen LogP contribution in [0.3, 0.4) is 0 Å². The SMILES string of the molecule is C=CCP(C)(=O)CC. The second kappa shape index (κ2) is 3.09. The standard InChI is InChI=1S/C6H13OP/c1-4-6-8(3,7)5-2/h4H,1,5-6H2,2-3H3. The van der Waals surface area contributed by atoms with Gasteiger partial charge in [0, 0.05) is 6.16 Å². The van der Waals surface area contributed by atoms with E-state index in [0.717, 1.165) is 6.16 Å². The van der Waals surface area contributed by atoms with Gasteiger partial charge in [0.25, 0.3) is 0 Å². The summed E-state index contributed by atoms with van der Waals surface area (Å²) in [4.78, 5) is 0. The predicted molar refractivity (Wildman–Crippen MR) is 39.1 cm³/mol. The molecule has 0 aromatic carbocycles. The van der Waals surface area contributed by atoms with E-state index < -0.39 is 7.14 Å². The zero-order valence-electron chi connectivity index (χ0n) is 5.55. The van der Waals surface area contributed by atoms with Crippen LogP contribution in [0.5, 0.6) is 0 Å². The monoisotopic (exact) mass is 132 g/mol. The van der Waals surface area contributed by atoms with Gasteiger partial charge in [0.1, 0.15) is 0 Å². The highest BCUT2D eigenvalue weighted by Gasteiger charge is 2.07. The Hall–Kier alpha value is -0.0300. The van der Waals surface area contributed by atoms with Crippen LogP contribution in [0, 0.1) is 0 Å². The van der Waals surface area contributed by atoms with E-state index in [9.17, 15) is 4.57 Å². The maximum Gasteiger partial charge on any atom is 0.0881 e. The van der Waals surface area contributed by atoms with Gasteiger partial charge in [0.05, 0.1) is 7.14 Å². The fraction of sp³-hybridized carbons (Fsp3) is 0.667. The van der Waals surface area contributed by atoms with Gasteiger partial charge in [-0.3, -0.25) is 0 Å². The molecule has 48 valence electrons. The average molecular weight is 132 g/mol. The van der Waals surface area contributed by atoms with Crippen molar-refractivity contribution in [2.75, 3.05) is 19.0 Å². The summed E-state index contributed by atoms with van der Waals surface area (Å²) in [6, 6.07) is 0. The Morgan fingerprint density at radius 1 is 1.75 bits per heavy atom. The van der Waals surface area contributed by atoms with Crippen molar-refractivity contribution in [3.63, 3.8) is 0 Å². The summed E-state index contributed by atoms with van der Waals surface area (Å²) in [5, 5.41) is 0. The highest BCUT2D eigenvalue weighted by Crippen LogP contribution is 2.39. The second-order valence-electron chi connectivity index (χ2n) is 2.08. The zero-order chi connectivity index (χ0) is 6.62. The van der Waals surface area contributed by atoms with E-state index in [4.69, 9.17) is 0 Å². The Morgan fingerprint density at radius 2 is 2.25 bits per heavy atom. The first-order valence-electron chi connectivity index (χ1n) is 2.79. The minimum atomic E-state index is -1.79. The summed E-state index contributed by atoms with van der Waals surface area (Å²) < 4.78 is 11.1. The van der Waals surface area contributed by atoms with Gasteiger partial charge in [0.2, 0.25) is 0 Å². The molecular formula is C6H13OP. The maximum absolute atomic E-state index is 11.1. The Kier molecular flexibility index (Phi) is 3.08. The van der Waals surface area contributed by atoms with Crippen LogP contribution < -0.4 is 0 Å². The van der Waals surface area contributed by atoms with E-state index in [1.807, 2.05) is 13.6 Å². The van der Waals surface area contributed by atoms with E-state index in [1.165, 1.54) is 0 Å². The fourth-order valence-electron chi connectivity index (χ4n) is 0.402. The molecule has 1 unspecified atom stereocenters. The number of allylic oxidation sites excluding steroid dienone is 1. The molecule has 0 bridgehead atoms. The molecule has 0 aliphatic rings. The third-order valence-corrected chi connectivity index (χ3v) is 3.55.